The molecule has 0 saturated carbocycles. The number of ether oxygens (including phenoxy) is 1. The molecule has 0 amide bonds. The Morgan fingerprint density at radius 2 is 1.31 bits per heavy atom. The molecule has 59 heavy (non-hydrogen) atoms. The zero-order valence-corrected chi connectivity index (χ0v) is 33.5. The van der Waals surface area contributed by atoms with Crippen molar-refractivity contribution in [1.29, 1.82) is 0 Å². The van der Waals surface area contributed by atoms with E-state index in [9.17, 15) is 0 Å². The van der Waals surface area contributed by atoms with Gasteiger partial charge in [-0.1, -0.05) is 127 Å². The molecule has 6 nitrogen and oxygen atoms in total. The van der Waals surface area contributed by atoms with Gasteiger partial charge in [-0.05, 0) is 64.4 Å². The summed E-state index contributed by atoms with van der Waals surface area (Å²) < 4.78 is 98.7. The molecule has 1 aliphatic heterocycles. The third kappa shape index (κ3) is 6.60. The Bertz CT molecular complexity index is 3560. The maximum absolute atomic E-state index is 8.99. The molecule has 1 saturated heterocycles. The molecule has 1 aliphatic rings. The number of imidazole rings is 1. The second kappa shape index (κ2) is 15.5. The summed E-state index contributed by atoms with van der Waals surface area (Å²) in [6.07, 6.45) is 7.67. The van der Waals surface area contributed by atoms with E-state index in [2.05, 4.69) is 46.1 Å². The maximum atomic E-state index is 8.99. The quantitative estimate of drug-likeness (QED) is 0.113. The molecule has 0 atom stereocenters. The molecule has 11 rings (SSSR count). The Kier molecular flexibility index (Phi) is 7.12. The van der Waals surface area contributed by atoms with Crippen molar-refractivity contribution in [3.05, 3.63) is 194 Å². The van der Waals surface area contributed by atoms with Crippen LogP contribution >= 0.6 is 0 Å². The topological polar surface area (TPSA) is 39.1 Å². The van der Waals surface area contributed by atoms with E-state index in [-0.39, 0.29) is 49.0 Å². The van der Waals surface area contributed by atoms with E-state index in [1.165, 1.54) is 12.8 Å². The first kappa shape index (κ1) is 27.0. The van der Waals surface area contributed by atoms with Gasteiger partial charge >= 0.3 is 0 Å². The number of pyridine rings is 1. The fourth-order valence-electron chi connectivity index (χ4n) is 7.95. The van der Waals surface area contributed by atoms with Gasteiger partial charge in [-0.2, -0.15) is 18.2 Å². The molecule has 288 valence electrons. The van der Waals surface area contributed by atoms with Crippen molar-refractivity contribution in [2.45, 2.75) is 12.8 Å². The van der Waals surface area contributed by atoms with Gasteiger partial charge in [0.2, 0.25) is 0 Å². The van der Waals surface area contributed by atoms with Gasteiger partial charge in [0.15, 0.2) is 0 Å². The van der Waals surface area contributed by atoms with Crippen molar-refractivity contribution >= 4 is 38.5 Å². The molecule has 10 aromatic rings. The van der Waals surface area contributed by atoms with Crippen LogP contribution in [0, 0.1) is 18.5 Å². The molecule has 0 bridgehead atoms. The van der Waals surface area contributed by atoms with E-state index in [1.54, 1.807) is 39.5 Å². The SMILES string of the molecule is [2H]c1c([2H])c([2H])c(-c2cccc(-c3c([2H])c([2H])c([2H])c([2H])c3[2H])c2-[n+]2[c-]n(-c3[c-]c(Oc4[c-]c5c(cc4)c4ccccc4n5-c4ccc(N5CCCC5)cn4)ccc3)c3ccccc32)c([2H])c1[2H].[Pt]. The first-order valence-electron chi connectivity index (χ1n) is 24.0. The van der Waals surface area contributed by atoms with Gasteiger partial charge in [-0.3, -0.25) is 4.57 Å². The summed E-state index contributed by atoms with van der Waals surface area (Å²) in [5.41, 5.74) is 4.72. The van der Waals surface area contributed by atoms with Crippen LogP contribution in [0.25, 0.3) is 72.3 Å². The van der Waals surface area contributed by atoms with E-state index in [0.717, 1.165) is 46.4 Å². The Morgan fingerprint density at radius 1 is 0.627 bits per heavy atom. The number of nitrogens with zero attached hydrogens (tertiary/aromatic N) is 5. The van der Waals surface area contributed by atoms with Gasteiger partial charge in [0.05, 0.1) is 42.3 Å². The normalized spacial score (nSPS) is 15.0. The molecule has 0 spiro atoms. The zero-order chi connectivity index (χ0) is 47.1. The van der Waals surface area contributed by atoms with E-state index in [4.69, 9.17) is 23.4 Å². The number of hydrogen-bond acceptors (Lipinski definition) is 3. The van der Waals surface area contributed by atoms with E-state index in [1.807, 2.05) is 66.9 Å². The van der Waals surface area contributed by atoms with Crippen molar-refractivity contribution < 1.29 is 44.1 Å². The van der Waals surface area contributed by atoms with E-state index in [0.29, 0.717) is 28.2 Å². The summed E-state index contributed by atoms with van der Waals surface area (Å²) in [5, 5.41) is 2.04. The molecule has 4 heterocycles. The van der Waals surface area contributed by atoms with Crippen LogP contribution in [0.1, 0.15) is 26.5 Å². The third-order valence-electron chi connectivity index (χ3n) is 10.6. The van der Waals surface area contributed by atoms with Crippen LogP contribution in [0.5, 0.6) is 11.5 Å². The monoisotopic (exact) mass is 952 g/mol. The summed E-state index contributed by atoms with van der Waals surface area (Å²) >= 11 is 0. The largest absolute Gasteiger partial charge is 0.510 e. The van der Waals surface area contributed by atoms with Crippen LogP contribution in [-0.4, -0.2) is 27.2 Å². The van der Waals surface area contributed by atoms with Gasteiger partial charge in [0.1, 0.15) is 5.82 Å². The van der Waals surface area contributed by atoms with Crippen molar-refractivity contribution in [2.75, 3.05) is 18.0 Å². The predicted octanol–water partition coefficient (Wildman–Crippen LogP) is 11.5. The van der Waals surface area contributed by atoms with Gasteiger partial charge in [-0.25, -0.2) is 4.98 Å². The Labute approximate surface area is 371 Å². The van der Waals surface area contributed by atoms with Crippen molar-refractivity contribution in [3.63, 3.8) is 0 Å². The minimum Gasteiger partial charge on any atom is -0.510 e. The fraction of sp³-hybridized carbons (Fsp3) is 0.0769. The molecule has 7 aromatic carbocycles. The molecule has 3 aromatic heterocycles. The molecule has 7 heteroatoms. The molecule has 0 N–H and O–H groups in total. The van der Waals surface area contributed by atoms with Crippen LogP contribution in [0.2, 0.25) is 0 Å². The molecule has 0 aliphatic carbocycles. The minimum absolute atomic E-state index is 0. The smallest absolute Gasteiger partial charge is 0.268 e. The predicted molar refractivity (Wildman–Crippen MR) is 232 cm³/mol. The molecular weight excluding hydrogens is 906 g/mol. The van der Waals surface area contributed by atoms with Gasteiger partial charge in [0.25, 0.3) is 6.33 Å². The number of hydrogen-bond donors (Lipinski definition) is 0. The van der Waals surface area contributed by atoms with Crippen molar-refractivity contribution in [2.24, 2.45) is 0 Å². The summed E-state index contributed by atoms with van der Waals surface area (Å²) in [6.45, 7) is 2.04. The Morgan fingerprint density at radius 3 is 2.03 bits per heavy atom. The average Bonchev–Trinajstić information content (AvgIpc) is 4.12. The summed E-state index contributed by atoms with van der Waals surface area (Å²) in [4.78, 5) is 7.27. The number of anilines is 1. The van der Waals surface area contributed by atoms with E-state index >= 15 is 0 Å². The number of rotatable bonds is 8. The molecule has 1 fully saturated rings. The van der Waals surface area contributed by atoms with Gasteiger partial charge in [-0.15, -0.1) is 29.7 Å². The van der Waals surface area contributed by atoms with Gasteiger partial charge < -0.3 is 18.8 Å². The maximum Gasteiger partial charge on any atom is 0.268 e. The molecule has 0 unspecified atom stereocenters. The van der Waals surface area contributed by atoms with Crippen LogP contribution in [0.3, 0.4) is 0 Å². The van der Waals surface area contributed by atoms with Crippen LogP contribution < -0.4 is 14.2 Å². The van der Waals surface area contributed by atoms with Crippen molar-refractivity contribution in [3.8, 4) is 50.9 Å². The number of fused-ring (bicyclic) bond motifs is 4. The van der Waals surface area contributed by atoms with Crippen LogP contribution in [0.15, 0.2) is 176 Å². The number of aromatic nitrogens is 4. The summed E-state index contributed by atoms with van der Waals surface area (Å²) in [5.74, 6) is 1.56. The fourth-order valence-corrected chi connectivity index (χ4v) is 7.95. The molecule has 0 radical (unpaired) electrons. The minimum atomic E-state index is -0.569. The summed E-state index contributed by atoms with van der Waals surface area (Å²) in [7, 11) is 0. The standard InChI is InChI=1S/C52H37N5O.Pt/c1-3-15-37(16-4-1)43-22-14-23-44(38-17-5-2-6-18-38)52(43)56-36-55(48-25-9-10-26-49(48)56)39-19-13-20-41(33-39)58-42-28-29-46-45-21-7-8-24-47(45)57(50(46)34-42)51-30-27-40(35-53-51)54-31-11-12-32-54;/h1-10,13-30,35H,11-12,31-32H2;/q-2;/i1D,2D,3D,4D,5D,6D,15D,16D,17D,18D;. The van der Waals surface area contributed by atoms with Gasteiger partial charge in [0, 0.05) is 51.2 Å². The average molecular weight is 953 g/mol. The van der Waals surface area contributed by atoms with E-state index < -0.39 is 60.4 Å². The Balaban J connectivity index is 0.00000553. The third-order valence-corrected chi connectivity index (χ3v) is 10.6. The van der Waals surface area contributed by atoms with Crippen molar-refractivity contribution in [1.82, 2.24) is 14.1 Å². The first-order chi connectivity index (χ1) is 32.9. The second-order valence-electron chi connectivity index (χ2n) is 14.0. The summed E-state index contributed by atoms with van der Waals surface area (Å²) in [6, 6.07) is 35.3. The number of para-hydroxylation sites is 4. The zero-order valence-electron chi connectivity index (χ0n) is 41.3. The first-order valence-corrected chi connectivity index (χ1v) is 19.0. The number of benzene rings is 7. The van der Waals surface area contributed by atoms with Crippen LogP contribution in [-0.2, 0) is 21.1 Å². The van der Waals surface area contributed by atoms with Crippen LogP contribution in [0.4, 0.5) is 5.69 Å². The molecular formula is C52H37N5OPt-2. The Hall–Kier alpha value is -6.75. The second-order valence-corrected chi connectivity index (χ2v) is 14.0.